The molecule has 3 rings (SSSR count). The zero-order chi connectivity index (χ0) is 18.8. The smallest absolute Gasteiger partial charge is 0.414 e. The summed E-state index contributed by atoms with van der Waals surface area (Å²) < 4.78 is 11.2. The van der Waals surface area contributed by atoms with Gasteiger partial charge < -0.3 is 19.8 Å². The number of hydrogen-bond acceptors (Lipinski definition) is 6. The Balaban J connectivity index is 2.11. The van der Waals surface area contributed by atoms with Crippen LogP contribution in [0.25, 0.3) is 5.69 Å². The quantitative estimate of drug-likeness (QED) is 0.828. The van der Waals surface area contributed by atoms with Crippen molar-refractivity contribution in [2.24, 2.45) is 0 Å². The minimum absolute atomic E-state index is 0.0771. The number of nitriles is 1. The molecule has 2 aromatic rings. The van der Waals surface area contributed by atoms with Crippen LogP contribution in [0.15, 0.2) is 24.4 Å². The van der Waals surface area contributed by atoms with E-state index in [-0.39, 0.29) is 16.9 Å². The average molecular weight is 354 g/mol. The van der Waals surface area contributed by atoms with Crippen LogP contribution in [0, 0.1) is 11.3 Å². The lowest BCUT2D eigenvalue weighted by atomic mass is 10.0. The normalized spacial score (nSPS) is 12.9. The highest BCUT2D eigenvalue weighted by Crippen LogP contribution is 2.32. The zero-order valence-electron chi connectivity index (χ0n) is 14.5. The predicted octanol–water partition coefficient (Wildman–Crippen LogP) is 2.24. The van der Waals surface area contributed by atoms with Gasteiger partial charge >= 0.3 is 12.1 Å². The van der Waals surface area contributed by atoms with E-state index in [9.17, 15) is 14.9 Å². The number of nitrogens with zero attached hydrogens (tertiary/aromatic N) is 3. The van der Waals surface area contributed by atoms with Gasteiger partial charge in [-0.25, -0.2) is 9.59 Å². The van der Waals surface area contributed by atoms with Crippen molar-refractivity contribution < 1.29 is 19.1 Å². The molecule has 8 nitrogen and oxygen atoms in total. The molecular weight excluding hydrogens is 336 g/mol. The number of methoxy groups -OCH3 is 2. The molecule has 1 aromatic carbocycles. The summed E-state index contributed by atoms with van der Waals surface area (Å²) in [6.07, 6.45) is 2.68. The number of nitrogens with two attached hydrogens (primary N) is 1. The Hall–Kier alpha value is -3.47. The fourth-order valence-electron chi connectivity index (χ4n) is 3.15. The number of aryl methyl sites for hydroxylation is 1. The lowest BCUT2D eigenvalue weighted by Gasteiger charge is -2.28. The summed E-state index contributed by atoms with van der Waals surface area (Å²) in [5.41, 5.74) is 8.68. The van der Waals surface area contributed by atoms with Crippen LogP contribution in [0.2, 0.25) is 0 Å². The van der Waals surface area contributed by atoms with Gasteiger partial charge in [0, 0.05) is 18.4 Å². The van der Waals surface area contributed by atoms with E-state index in [0.29, 0.717) is 12.2 Å². The van der Waals surface area contributed by atoms with E-state index in [1.165, 1.54) is 25.0 Å². The van der Waals surface area contributed by atoms with E-state index in [1.807, 2.05) is 12.1 Å². The maximum Gasteiger partial charge on any atom is 0.414 e. The summed E-state index contributed by atoms with van der Waals surface area (Å²) >= 11 is 0. The van der Waals surface area contributed by atoms with Crippen molar-refractivity contribution in [3.63, 3.8) is 0 Å². The molecule has 0 atom stereocenters. The standard InChI is InChI=1S/C18H18N4O4/c1-25-17(23)16-15(20)12(9-19)10-22(16)13-5-6-14-11(8-13)4-3-7-21(14)18(24)26-2/h5-6,8,10H,3-4,7,20H2,1-2H3. The lowest BCUT2D eigenvalue weighted by Crippen LogP contribution is -2.35. The van der Waals surface area contributed by atoms with Gasteiger partial charge in [-0.15, -0.1) is 0 Å². The molecule has 0 saturated carbocycles. The first-order valence-corrected chi connectivity index (χ1v) is 7.99. The second-order valence-electron chi connectivity index (χ2n) is 5.82. The van der Waals surface area contributed by atoms with Crippen molar-refractivity contribution in [3.8, 4) is 11.8 Å². The third-order valence-corrected chi connectivity index (χ3v) is 4.40. The molecule has 0 spiro atoms. The van der Waals surface area contributed by atoms with Crippen molar-refractivity contribution in [2.45, 2.75) is 12.8 Å². The summed E-state index contributed by atoms with van der Waals surface area (Å²) in [7, 11) is 2.60. The van der Waals surface area contributed by atoms with E-state index in [0.717, 1.165) is 24.1 Å². The topological polar surface area (TPSA) is 111 Å². The molecular formula is C18H18N4O4. The molecule has 26 heavy (non-hydrogen) atoms. The fourth-order valence-corrected chi connectivity index (χ4v) is 3.15. The number of carbonyl (C=O) groups is 2. The van der Waals surface area contributed by atoms with Crippen LogP contribution in [-0.2, 0) is 15.9 Å². The number of nitrogen functional groups attached to an aromatic ring is 1. The van der Waals surface area contributed by atoms with Gasteiger partial charge in [0.25, 0.3) is 0 Å². The first kappa shape index (κ1) is 17.4. The van der Waals surface area contributed by atoms with Gasteiger partial charge in [-0.1, -0.05) is 0 Å². The van der Waals surface area contributed by atoms with Gasteiger partial charge in [-0.2, -0.15) is 5.26 Å². The summed E-state index contributed by atoms with van der Waals surface area (Å²) in [6.45, 7) is 0.585. The van der Waals surface area contributed by atoms with E-state index >= 15 is 0 Å². The molecule has 0 aliphatic carbocycles. The molecule has 2 N–H and O–H groups in total. The molecule has 2 heterocycles. The Kier molecular flexibility index (Phi) is 4.54. The number of benzene rings is 1. The number of anilines is 2. The third kappa shape index (κ3) is 2.73. The average Bonchev–Trinajstić information content (AvgIpc) is 3.02. The zero-order valence-corrected chi connectivity index (χ0v) is 14.5. The number of ether oxygens (including phenoxy) is 2. The molecule has 0 bridgehead atoms. The number of amides is 1. The summed E-state index contributed by atoms with van der Waals surface area (Å²) in [5, 5.41) is 9.22. The third-order valence-electron chi connectivity index (χ3n) is 4.40. The molecule has 1 amide bonds. The number of hydrogen-bond donors (Lipinski definition) is 1. The molecule has 1 aliphatic heterocycles. The van der Waals surface area contributed by atoms with E-state index in [1.54, 1.807) is 17.0 Å². The van der Waals surface area contributed by atoms with Gasteiger partial charge in [0.2, 0.25) is 0 Å². The van der Waals surface area contributed by atoms with Crippen LogP contribution in [-0.4, -0.2) is 37.4 Å². The molecule has 0 saturated heterocycles. The molecule has 0 fully saturated rings. The van der Waals surface area contributed by atoms with Crippen LogP contribution in [0.4, 0.5) is 16.2 Å². The van der Waals surface area contributed by atoms with Gasteiger partial charge in [0.1, 0.15) is 6.07 Å². The van der Waals surface area contributed by atoms with Crippen LogP contribution in [0.3, 0.4) is 0 Å². The molecule has 1 aliphatic rings. The number of rotatable bonds is 2. The number of fused-ring (bicyclic) bond motifs is 1. The molecule has 8 heteroatoms. The summed E-state index contributed by atoms with van der Waals surface area (Å²) in [5.74, 6) is -0.627. The van der Waals surface area contributed by atoms with Gasteiger partial charge in [0.15, 0.2) is 5.69 Å². The van der Waals surface area contributed by atoms with Gasteiger partial charge in [0.05, 0.1) is 31.2 Å². The second kappa shape index (κ2) is 6.80. The van der Waals surface area contributed by atoms with Gasteiger partial charge in [-0.3, -0.25) is 4.90 Å². The first-order chi connectivity index (χ1) is 12.5. The van der Waals surface area contributed by atoms with E-state index in [2.05, 4.69) is 0 Å². The Bertz CT molecular complexity index is 926. The maximum absolute atomic E-state index is 12.1. The SMILES string of the molecule is COC(=O)c1c(N)c(C#N)cn1-c1ccc2c(c1)CCCN2C(=O)OC. The Morgan fingerprint density at radius 3 is 2.69 bits per heavy atom. The second-order valence-corrected chi connectivity index (χ2v) is 5.82. The van der Waals surface area contributed by atoms with Crippen LogP contribution >= 0.6 is 0 Å². The molecule has 134 valence electrons. The van der Waals surface area contributed by atoms with Crippen LogP contribution in [0.1, 0.15) is 28.0 Å². The largest absolute Gasteiger partial charge is 0.464 e. The summed E-state index contributed by atoms with van der Waals surface area (Å²) in [4.78, 5) is 25.6. The van der Waals surface area contributed by atoms with Gasteiger partial charge in [-0.05, 0) is 36.6 Å². The van der Waals surface area contributed by atoms with Crippen LogP contribution < -0.4 is 10.6 Å². The molecule has 0 radical (unpaired) electrons. The Morgan fingerprint density at radius 2 is 2.04 bits per heavy atom. The maximum atomic E-state index is 12.1. The molecule has 1 aromatic heterocycles. The molecule has 0 unspecified atom stereocenters. The lowest BCUT2D eigenvalue weighted by molar-refractivity contribution is 0.0593. The number of esters is 1. The minimum Gasteiger partial charge on any atom is -0.464 e. The fraction of sp³-hybridized carbons (Fsp3) is 0.278. The van der Waals surface area contributed by atoms with E-state index in [4.69, 9.17) is 15.2 Å². The number of aromatic nitrogens is 1. The first-order valence-electron chi connectivity index (χ1n) is 7.99. The van der Waals surface area contributed by atoms with Crippen molar-refractivity contribution in [1.82, 2.24) is 4.57 Å². The highest BCUT2D eigenvalue weighted by molar-refractivity contribution is 5.96. The highest BCUT2D eigenvalue weighted by atomic mass is 16.5. The van der Waals surface area contributed by atoms with E-state index < -0.39 is 12.1 Å². The summed E-state index contributed by atoms with van der Waals surface area (Å²) in [6, 6.07) is 7.40. The van der Waals surface area contributed by atoms with Crippen molar-refractivity contribution in [3.05, 3.63) is 41.2 Å². The van der Waals surface area contributed by atoms with Crippen molar-refractivity contribution >= 4 is 23.4 Å². The monoisotopic (exact) mass is 354 g/mol. The Morgan fingerprint density at radius 1 is 1.27 bits per heavy atom. The van der Waals surface area contributed by atoms with Crippen molar-refractivity contribution in [2.75, 3.05) is 31.4 Å². The van der Waals surface area contributed by atoms with Crippen molar-refractivity contribution in [1.29, 1.82) is 5.26 Å². The minimum atomic E-state index is -0.627. The number of carbonyl (C=O) groups excluding carboxylic acids is 2. The highest BCUT2D eigenvalue weighted by Gasteiger charge is 2.25. The predicted molar refractivity (Wildman–Crippen MR) is 94.3 cm³/mol. The Labute approximate surface area is 150 Å². The van der Waals surface area contributed by atoms with Crippen LogP contribution in [0.5, 0.6) is 0 Å².